The maximum atomic E-state index is 11.7. The average Bonchev–Trinajstić information content (AvgIpc) is 2.39. The highest BCUT2D eigenvalue weighted by atomic mass is 35.5. The first-order valence-corrected chi connectivity index (χ1v) is 6.95. The molecule has 0 bridgehead atoms. The van der Waals surface area contributed by atoms with E-state index in [2.05, 4.69) is 4.98 Å². The van der Waals surface area contributed by atoms with E-state index in [1.165, 1.54) is 12.3 Å². The van der Waals surface area contributed by atoms with E-state index in [0.29, 0.717) is 16.8 Å². The summed E-state index contributed by atoms with van der Waals surface area (Å²) in [5.41, 5.74) is 1.13. The lowest BCUT2D eigenvalue weighted by Crippen LogP contribution is -2.06. The predicted octanol–water partition coefficient (Wildman–Crippen LogP) is 5.62. The van der Waals surface area contributed by atoms with Gasteiger partial charge in [-0.05, 0) is 6.92 Å². The van der Waals surface area contributed by atoms with Crippen LogP contribution in [-0.2, 0) is 0 Å². The molecule has 0 saturated carbocycles. The van der Waals surface area contributed by atoms with Gasteiger partial charge in [0.1, 0.15) is 0 Å². The van der Waals surface area contributed by atoms with Crippen molar-refractivity contribution in [2.45, 2.75) is 6.92 Å². The number of nitrogens with one attached hydrogen (secondary N) is 1. The highest BCUT2D eigenvalue weighted by Crippen LogP contribution is 2.47. The van der Waals surface area contributed by atoms with E-state index < -0.39 is 0 Å². The first-order valence-electron chi connectivity index (χ1n) is 5.06. The van der Waals surface area contributed by atoms with Gasteiger partial charge in [-0.1, -0.05) is 58.0 Å². The van der Waals surface area contributed by atoms with Gasteiger partial charge in [0.2, 0.25) is 0 Å². The van der Waals surface area contributed by atoms with Crippen LogP contribution in [0.25, 0.3) is 11.3 Å². The minimum absolute atomic E-state index is 0.0815. The zero-order valence-electron chi connectivity index (χ0n) is 9.45. The highest BCUT2D eigenvalue weighted by molar-refractivity contribution is 6.56. The summed E-state index contributed by atoms with van der Waals surface area (Å²) in [5.74, 6) is 0. The molecule has 0 aliphatic carbocycles. The van der Waals surface area contributed by atoms with Gasteiger partial charge in [-0.15, -0.1) is 0 Å². The molecule has 1 aromatic heterocycles. The summed E-state index contributed by atoms with van der Waals surface area (Å²) in [7, 11) is 0. The van der Waals surface area contributed by atoms with Crippen LogP contribution in [0.4, 0.5) is 0 Å². The number of hydrogen-bond acceptors (Lipinski definition) is 1. The molecule has 0 unspecified atom stereocenters. The molecule has 2 aromatic rings. The van der Waals surface area contributed by atoms with E-state index in [4.69, 9.17) is 58.0 Å². The van der Waals surface area contributed by atoms with Gasteiger partial charge in [0, 0.05) is 23.4 Å². The van der Waals surface area contributed by atoms with E-state index in [0.717, 1.165) is 0 Å². The van der Waals surface area contributed by atoms with Crippen LogP contribution in [0.3, 0.4) is 0 Å². The number of rotatable bonds is 1. The van der Waals surface area contributed by atoms with Crippen LogP contribution >= 0.6 is 58.0 Å². The van der Waals surface area contributed by atoms with Gasteiger partial charge in [-0.2, -0.15) is 0 Å². The SMILES string of the molecule is Cc1c(-c2c(Cl)c(Cl)c(Cl)c(Cl)c2Cl)[nH]ccc1=O. The number of benzene rings is 1. The van der Waals surface area contributed by atoms with Crippen LogP contribution in [0.15, 0.2) is 17.1 Å². The second-order valence-corrected chi connectivity index (χ2v) is 5.68. The molecule has 2 nitrogen and oxygen atoms in total. The van der Waals surface area contributed by atoms with Gasteiger partial charge in [-0.25, -0.2) is 0 Å². The van der Waals surface area contributed by atoms with Crippen molar-refractivity contribution in [2.75, 3.05) is 0 Å². The minimum Gasteiger partial charge on any atom is -0.361 e. The first-order chi connectivity index (χ1) is 8.86. The summed E-state index contributed by atoms with van der Waals surface area (Å²) in [6, 6.07) is 1.40. The van der Waals surface area contributed by atoms with Gasteiger partial charge in [0.25, 0.3) is 0 Å². The Kier molecular flexibility index (Phi) is 4.38. The maximum absolute atomic E-state index is 11.7. The van der Waals surface area contributed by atoms with Gasteiger partial charge >= 0.3 is 0 Å². The summed E-state index contributed by atoms with van der Waals surface area (Å²) >= 11 is 30.2. The number of H-pyrrole nitrogens is 1. The van der Waals surface area contributed by atoms with Gasteiger partial charge < -0.3 is 4.98 Å². The summed E-state index contributed by atoms with van der Waals surface area (Å²) < 4.78 is 0. The molecule has 0 radical (unpaired) electrons. The minimum atomic E-state index is -0.150. The van der Waals surface area contributed by atoms with Crippen molar-refractivity contribution in [3.05, 3.63) is 53.2 Å². The molecule has 1 aromatic carbocycles. The third kappa shape index (κ3) is 2.48. The number of pyridine rings is 1. The zero-order chi connectivity index (χ0) is 14.3. The molecule has 0 amide bonds. The lowest BCUT2D eigenvalue weighted by molar-refractivity contribution is 1.24. The molecule has 0 fully saturated rings. The molecular formula is C12H6Cl5NO. The number of aromatic nitrogens is 1. The fourth-order valence-corrected chi connectivity index (χ4v) is 2.97. The van der Waals surface area contributed by atoms with Crippen LogP contribution in [0.1, 0.15) is 5.56 Å². The molecule has 7 heteroatoms. The Hall–Kier alpha value is -0.380. The Morgan fingerprint density at radius 3 is 1.89 bits per heavy atom. The molecule has 1 N–H and O–H groups in total. The maximum Gasteiger partial charge on any atom is 0.185 e. The standard InChI is InChI=1S/C12H6Cl5NO/c1-4-5(19)2-3-18-12(4)6-7(13)9(15)11(17)10(16)8(6)14/h2-3H,1H3,(H,18,19). The normalized spacial score (nSPS) is 10.8. The van der Waals surface area contributed by atoms with Crippen molar-refractivity contribution >= 4 is 58.0 Å². The van der Waals surface area contributed by atoms with Crippen LogP contribution < -0.4 is 5.43 Å². The number of halogens is 5. The second kappa shape index (κ2) is 5.55. The molecule has 0 saturated heterocycles. The summed E-state index contributed by atoms with van der Waals surface area (Å²) in [6.45, 7) is 1.65. The third-order valence-electron chi connectivity index (χ3n) is 2.67. The molecular weight excluding hydrogens is 351 g/mol. The Balaban J connectivity index is 2.91. The lowest BCUT2D eigenvalue weighted by atomic mass is 10.1. The van der Waals surface area contributed by atoms with Crippen LogP contribution in [0, 0.1) is 6.92 Å². The molecule has 19 heavy (non-hydrogen) atoms. The lowest BCUT2D eigenvalue weighted by Gasteiger charge is -2.13. The molecule has 2 rings (SSSR count). The third-order valence-corrected chi connectivity index (χ3v) is 4.94. The average molecular weight is 357 g/mol. The summed E-state index contributed by atoms with van der Waals surface area (Å²) in [6.07, 6.45) is 1.49. The Morgan fingerprint density at radius 2 is 1.37 bits per heavy atom. The monoisotopic (exact) mass is 355 g/mol. The molecule has 0 atom stereocenters. The van der Waals surface area contributed by atoms with Crippen molar-refractivity contribution in [3.8, 4) is 11.3 Å². The molecule has 0 spiro atoms. The van der Waals surface area contributed by atoms with Gasteiger partial charge in [-0.3, -0.25) is 4.79 Å². The first kappa shape index (κ1) is 15.0. The largest absolute Gasteiger partial charge is 0.361 e. The quantitative estimate of drug-likeness (QED) is 0.522. The second-order valence-electron chi connectivity index (χ2n) is 3.79. The van der Waals surface area contributed by atoms with Crippen molar-refractivity contribution < 1.29 is 0 Å². The molecule has 0 aliphatic heterocycles. The number of aromatic amines is 1. The smallest absolute Gasteiger partial charge is 0.185 e. The predicted molar refractivity (Wildman–Crippen MR) is 82.3 cm³/mol. The van der Waals surface area contributed by atoms with E-state index in [1.807, 2.05) is 0 Å². The molecule has 0 aliphatic rings. The summed E-state index contributed by atoms with van der Waals surface area (Å²) in [5, 5.41) is 0.559. The molecule has 100 valence electrons. The fraction of sp³-hybridized carbons (Fsp3) is 0.0833. The Bertz CT molecular complexity index is 694. The summed E-state index contributed by atoms with van der Waals surface area (Å²) in [4.78, 5) is 14.6. The topological polar surface area (TPSA) is 32.9 Å². The Labute approximate surface area is 134 Å². The van der Waals surface area contributed by atoms with Crippen molar-refractivity contribution in [1.29, 1.82) is 0 Å². The zero-order valence-corrected chi connectivity index (χ0v) is 13.2. The fourth-order valence-electron chi connectivity index (χ4n) is 1.64. The van der Waals surface area contributed by atoms with E-state index in [9.17, 15) is 4.79 Å². The van der Waals surface area contributed by atoms with Crippen LogP contribution in [-0.4, -0.2) is 4.98 Å². The van der Waals surface area contributed by atoms with E-state index in [1.54, 1.807) is 6.92 Å². The van der Waals surface area contributed by atoms with E-state index in [-0.39, 0.29) is 30.5 Å². The van der Waals surface area contributed by atoms with Crippen molar-refractivity contribution in [1.82, 2.24) is 4.98 Å². The van der Waals surface area contributed by atoms with Gasteiger partial charge in [0.15, 0.2) is 5.43 Å². The van der Waals surface area contributed by atoms with E-state index >= 15 is 0 Å². The Morgan fingerprint density at radius 1 is 0.895 bits per heavy atom. The van der Waals surface area contributed by atoms with Crippen molar-refractivity contribution in [3.63, 3.8) is 0 Å². The van der Waals surface area contributed by atoms with Gasteiger partial charge in [0.05, 0.1) is 30.8 Å². The van der Waals surface area contributed by atoms with Crippen LogP contribution in [0.5, 0.6) is 0 Å². The van der Waals surface area contributed by atoms with Crippen LogP contribution in [0.2, 0.25) is 25.1 Å². The highest BCUT2D eigenvalue weighted by Gasteiger charge is 2.22. The number of hydrogen-bond donors (Lipinski definition) is 1. The van der Waals surface area contributed by atoms with Crippen molar-refractivity contribution in [2.24, 2.45) is 0 Å². The molecule has 1 heterocycles.